The number of carbonyl (C=O) groups excluding carboxylic acids is 1. The lowest BCUT2D eigenvalue weighted by molar-refractivity contribution is -0.148. The molecule has 4 saturated carbocycles. The Morgan fingerprint density at radius 2 is 1.63 bits per heavy atom. The summed E-state index contributed by atoms with van der Waals surface area (Å²) in [6.45, 7) is 10.0. The quantitative estimate of drug-likeness (QED) is 0.301. The Balaban J connectivity index is 1.76. The van der Waals surface area contributed by atoms with Gasteiger partial charge in [-0.25, -0.2) is 4.79 Å². The highest BCUT2D eigenvalue weighted by Crippen LogP contribution is 2.68. The van der Waals surface area contributed by atoms with E-state index in [-0.39, 0.29) is 34.3 Å². The number of aliphatic hydroxyl groups excluding tert-OH is 1. The summed E-state index contributed by atoms with van der Waals surface area (Å²) in [7, 11) is 0. The Bertz CT molecular complexity index is 962. The van der Waals surface area contributed by atoms with E-state index in [0.717, 1.165) is 49.7 Å². The number of carboxylic acid groups (broad SMARTS) is 1. The smallest absolute Gasteiger partial charge is 0.335 e. The molecule has 4 aliphatic carbocycles. The van der Waals surface area contributed by atoms with E-state index in [9.17, 15) is 19.8 Å². The van der Waals surface area contributed by atoms with Crippen LogP contribution in [0.15, 0.2) is 34.9 Å². The van der Waals surface area contributed by atoms with Gasteiger partial charge in [-0.05, 0) is 105 Å². The first kappa shape index (κ1) is 26.2. The van der Waals surface area contributed by atoms with Gasteiger partial charge in [0.1, 0.15) is 6.10 Å². The summed E-state index contributed by atoms with van der Waals surface area (Å²) in [5.74, 6) is -0.0595. The molecular weight excluding hydrogens is 442 g/mol. The van der Waals surface area contributed by atoms with E-state index in [1.54, 1.807) is 12.2 Å². The second kappa shape index (κ2) is 9.51. The average molecular weight is 486 g/mol. The number of fused-ring (bicyclic) bond motifs is 5. The van der Waals surface area contributed by atoms with E-state index in [2.05, 4.69) is 13.8 Å². The fourth-order valence-corrected chi connectivity index (χ4v) is 8.63. The molecule has 4 N–H and O–H groups in total. The van der Waals surface area contributed by atoms with Gasteiger partial charge in [0.05, 0.1) is 11.7 Å². The van der Waals surface area contributed by atoms with Gasteiger partial charge in [-0.1, -0.05) is 31.6 Å². The van der Waals surface area contributed by atoms with Gasteiger partial charge in [0.15, 0.2) is 0 Å². The lowest BCUT2D eigenvalue weighted by atomic mass is 9.43. The van der Waals surface area contributed by atoms with Crippen molar-refractivity contribution in [2.24, 2.45) is 40.2 Å². The van der Waals surface area contributed by atoms with Gasteiger partial charge in [0.25, 0.3) is 0 Å². The number of carbonyl (C=O) groups is 2. The van der Waals surface area contributed by atoms with Crippen molar-refractivity contribution in [3.63, 3.8) is 0 Å². The van der Waals surface area contributed by atoms with Crippen molar-refractivity contribution in [2.45, 2.75) is 97.8 Å². The van der Waals surface area contributed by atoms with E-state index >= 15 is 0 Å². The van der Waals surface area contributed by atoms with Crippen molar-refractivity contribution in [3.8, 4) is 0 Å². The molecule has 0 spiro atoms. The highest BCUT2D eigenvalue weighted by Gasteiger charge is 2.63. The topological polar surface area (TPSA) is 110 Å². The zero-order valence-corrected chi connectivity index (χ0v) is 21.9. The third kappa shape index (κ3) is 4.42. The number of aliphatic carboxylic acids is 1. The minimum atomic E-state index is -0.968. The number of allylic oxidation sites excluding steroid dienone is 3. The average Bonchev–Trinajstić information content (AvgIpc) is 3.04. The Labute approximate surface area is 209 Å². The van der Waals surface area contributed by atoms with Gasteiger partial charge in [0.2, 0.25) is 0 Å². The zero-order valence-electron chi connectivity index (χ0n) is 21.9. The molecule has 0 radical (unpaired) electrons. The van der Waals surface area contributed by atoms with Crippen LogP contribution in [0.4, 0.5) is 0 Å². The minimum absolute atomic E-state index is 0.0681. The van der Waals surface area contributed by atoms with Crippen LogP contribution < -0.4 is 5.73 Å². The summed E-state index contributed by atoms with van der Waals surface area (Å²) in [5, 5.41) is 20.7. The summed E-state index contributed by atoms with van der Waals surface area (Å²) in [5.41, 5.74) is 8.61. The maximum absolute atomic E-state index is 12.5. The Morgan fingerprint density at radius 3 is 2.26 bits per heavy atom. The summed E-state index contributed by atoms with van der Waals surface area (Å²) in [6.07, 6.45) is 10.7. The number of esters is 1. The van der Waals surface area contributed by atoms with Crippen LogP contribution in [0.25, 0.3) is 0 Å². The molecule has 0 aromatic heterocycles. The molecule has 4 fully saturated rings. The van der Waals surface area contributed by atoms with Crippen LogP contribution in [0.3, 0.4) is 0 Å². The summed E-state index contributed by atoms with van der Waals surface area (Å²) >= 11 is 0. The first-order valence-electron chi connectivity index (χ1n) is 13.3. The molecule has 6 nitrogen and oxygen atoms in total. The number of ether oxygens (including phenoxy) is 1. The van der Waals surface area contributed by atoms with Crippen LogP contribution in [-0.4, -0.2) is 40.4 Å². The molecule has 2 unspecified atom stereocenters. The largest absolute Gasteiger partial charge is 0.478 e. The monoisotopic (exact) mass is 485 g/mol. The predicted molar refractivity (Wildman–Crippen MR) is 135 cm³/mol. The molecule has 0 saturated heterocycles. The molecule has 0 aliphatic heterocycles. The molecule has 6 heteroatoms. The number of hydrogen-bond donors (Lipinski definition) is 3. The number of rotatable bonds is 4. The zero-order chi connectivity index (χ0) is 25.7. The van der Waals surface area contributed by atoms with Crippen LogP contribution in [-0.2, 0) is 14.3 Å². The maximum atomic E-state index is 12.5. The molecule has 194 valence electrons. The Kier molecular flexibility index (Phi) is 7.11. The molecule has 35 heavy (non-hydrogen) atoms. The predicted octanol–water partition coefficient (Wildman–Crippen LogP) is 4.77. The molecule has 4 aliphatic rings. The molecule has 0 aromatic carbocycles. The summed E-state index contributed by atoms with van der Waals surface area (Å²) in [6, 6.07) is -0.174. The highest BCUT2D eigenvalue weighted by molar-refractivity contribution is 5.91. The van der Waals surface area contributed by atoms with Crippen molar-refractivity contribution in [3.05, 3.63) is 34.9 Å². The van der Waals surface area contributed by atoms with Crippen molar-refractivity contribution < 1.29 is 24.5 Å². The van der Waals surface area contributed by atoms with E-state index in [1.165, 1.54) is 6.92 Å². The van der Waals surface area contributed by atoms with Crippen molar-refractivity contribution in [1.29, 1.82) is 0 Å². The summed E-state index contributed by atoms with van der Waals surface area (Å²) < 4.78 is 5.82. The van der Waals surface area contributed by atoms with Crippen LogP contribution in [0, 0.1) is 34.5 Å². The molecule has 0 aromatic rings. The third-order valence-electron chi connectivity index (χ3n) is 10.2. The first-order valence-corrected chi connectivity index (χ1v) is 13.3. The Morgan fingerprint density at radius 1 is 1.00 bits per heavy atom. The molecular formula is C29H43NO5. The first-order chi connectivity index (χ1) is 16.4. The van der Waals surface area contributed by atoms with Gasteiger partial charge in [-0.2, -0.15) is 0 Å². The number of carboxylic acids is 1. The van der Waals surface area contributed by atoms with E-state index in [4.69, 9.17) is 10.5 Å². The molecule has 0 amide bonds. The van der Waals surface area contributed by atoms with E-state index < -0.39 is 18.2 Å². The van der Waals surface area contributed by atoms with Gasteiger partial charge in [0, 0.05) is 13.0 Å². The number of hydrogen-bond acceptors (Lipinski definition) is 5. The Hall–Kier alpha value is -1.92. The second-order valence-corrected chi connectivity index (χ2v) is 12.3. The standard InChI is InChI=1S/C29H43NO5/c1-16(2)7-6-8-18(27(33)34)25-21-11-9-19-20(29(21,5)15-24(25)35-17(3)31)10-12-22-26(30)23(32)13-14-28(19,22)4/h6-8,19-24,26,32H,9-15,30H2,1-5H3,(H,33,34)/b8-6+,25-18-/t19-,20?,21?,22+,23-,24+,26+,28-,29-/m1/s1. The minimum Gasteiger partial charge on any atom is -0.478 e. The number of aliphatic hydroxyl groups is 1. The summed E-state index contributed by atoms with van der Waals surface area (Å²) in [4.78, 5) is 24.5. The van der Waals surface area contributed by atoms with E-state index in [1.807, 2.05) is 19.9 Å². The van der Waals surface area contributed by atoms with Crippen molar-refractivity contribution >= 4 is 11.9 Å². The normalized spacial score (nSPS) is 44.1. The molecule has 0 heterocycles. The molecule has 0 bridgehead atoms. The fourth-order valence-electron chi connectivity index (χ4n) is 8.63. The fraction of sp³-hybridized carbons (Fsp3) is 0.724. The van der Waals surface area contributed by atoms with Crippen LogP contribution >= 0.6 is 0 Å². The SMILES string of the molecule is CC(=O)O[C@H]1C[C@@]2(C)C(CC[C@@H]3C2CC[C@H]2[C@H](N)[C@H](O)CC[C@]32C)/C1=C(\C=C\C=C(C)C)C(=O)O. The van der Waals surface area contributed by atoms with Gasteiger partial charge < -0.3 is 20.7 Å². The second-order valence-electron chi connectivity index (χ2n) is 12.3. The van der Waals surface area contributed by atoms with Crippen LogP contribution in [0.5, 0.6) is 0 Å². The van der Waals surface area contributed by atoms with E-state index in [0.29, 0.717) is 24.2 Å². The maximum Gasteiger partial charge on any atom is 0.335 e. The molecule has 4 rings (SSSR count). The van der Waals surface area contributed by atoms with Gasteiger partial charge in [-0.3, -0.25) is 4.79 Å². The molecule has 9 atom stereocenters. The van der Waals surface area contributed by atoms with Gasteiger partial charge in [-0.15, -0.1) is 0 Å². The van der Waals surface area contributed by atoms with Crippen LogP contribution in [0.1, 0.15) is 79.6 Å². The third-order valence-corrected chi connectivity index (χ3v) is 10.2. The lowest BCUT2D eigenvalue weighted by Crippen LogP contribution is -2.61. The van der Waals surface area contributed by atoms with Crippen molar-refractivity contribution in [2.75, 3.05) is 0 Å². The number of nitrogens with two attached hydrogens (primary N) is 1. The van der Waals surface area contributed by atoms with Gasteiger partial charge >= 0.3 is 11.9 Å². The van der Waals surface area contributed by atoms with Crippen LogP contribution in [0.2, 0.25) is 0 Å². The lowest BCUT2D eigenvalue weighted by Gasteiger charge is -2.62. The highest BCUT2D eigenvalue weighted by atomic mass is 16.5. The van der Waals surface area contributed by atoms with Crippen molar-refractivity contribution in [1.82, 2.24) is 0 Å².